The molecule has 122 valence electrons. The minimum Gasteiger partial charge on any atom is -0.428 e. The van der Waals surface area contributed by atoms with E-state index in [1.807, 2.05) is 0 Å². The van der Waals surface area contributed by atoms with Gasteiger partial charge in [-0.25, -0.2) is 5.10 Å². The largest absolute Gasteiger partial charge is 0.461 e. The Labute approximate surface area is 126 Å². The highest BCUT2D eigenvalue weighted by Gasteiger charge is 2.43. The molecule has 0 aliphatic heterocycles. The van der Waals surface area contributed by atoms with Gasteiger partial charge in [0.2, 0.25) is 0 Å². The first-order valence-corrected chi connectivity index (χ1v) is 6.09. The van der Waals surface area contributed by atoms with Crippen LogP contribution >= 0.6 is 0 Å². The summed E-state index contributed by atoms with van der Waals surface area (Å²) in [5, 5.41) is 7.80. The molecule has 0 unspecified atom stereocenters. The first-order valence-electron chi connectivity index (χ1n) is 6.09. The Hall–Kier alpha value is -2.91. The Balaban J connectivity index is 2.14. The molecule has 0 saturated heterocycles. The van der Waals surface area contributed by atoms with Gasteiger partial charge < -0.3 is 10.1 Å². The standard InChI is InChI=1S/C13H9F4N3O3/c14-12(15)13(16,17)23-9-3-1-2-8(5-9)19-11(22)7-4-10(21)20-18-6-7/h1-6,12H,(H,19,22)(H,20,21). The van der Waals surface area contributed by atoms with E-state index >= 15 is 0 Å². The summed E-state index contributed by atoms with van der Waals surface area (Å²) in [6.45, 7) is 0. The van der Waals surface area contributed by atoms with Gasteiger partial charge in [0.15, 0.2) is 0 Å². The zero-order valence-electron chi connectivity index (χ0n) is 11.2. The molecule has 1 aromatic carbocycles. The molecule has 0 atom stereocenters. The van der Waals surface area contributed by atoms with Crippen molar-refractivity contribution in [2.75, 3.05) is 5.32 Å². The lowest BCUT2D eigenvalue weighted by Gasteiger charge is -2.17. The number of carbonyl (C=O) groups is 1. The summed E-state index contributed by atoms with van der Waals surface area (Å²) >= 11 is 0. The molecule has 2 aromatic rings. The second-order valence-corrected chi connectivity index (χ2v) is 4.28. The molecule has 2 N–H and O–H groups in total. The summed E-state index contributed by atoms with van der Waals surface area (Å²) in [4.78, 5) is 22.9. The number of hydrogen-bond donors (Lipinski definition) is 2. The monoisotopic (exact) mass is 331 g/mol. The number of amides is 1. The Morgan fingerprint density at radius 3 is 2.70 bits per heavy atom. The van der Waals surface area contributed by atoms with Crippen molar-refractivity contribution < 1.29 is 27.1 Å². The fourth-order valence-electron chi connectivity index (χ4n) is 1.54. The number of aromatic amines is 1. The number of carbonyl (C=O) groups excluding carboxylic acids is 1. The second-order valence-electron chi connectivity index (χ2n) is 4.28. The fourth-order valence-corrected chi connectivity index (χ4v) is 1.54. The van der Waals surface area contributed by atoms with Gasteiger partial charge in [0.25, 0.3) is 11.5 Å². The molecule has 10 heteroatoms. The van der Waals surface area contributed by atoms with Crippen molar-refractivity contribution in [2.24, 2.45) is 0 Å². The van der Waals surface area contributed by atoms with Crippen LogP contribution in [0.25, 0.3) is 0 Å². The minimum atomic E-state index is -4.65. The van der Waals surface area contributed by atoms with E-state index in [0.29, 0.717) is 0 Å². The first-order chi connectivity index (χ1) is 10.8. The zero-order valence-corrected chi connectivity index (χ0v) is 11.2. The van der Waals surface area contributed by atoms with Crippen LogP contribution in [0.5, 0.6) is 5.75 Å². The lowest BCUT2D eigenvalue weighted by Crippen LogP contribution is -2.33. The number of nitrogens with one attached hydrogen (secondary N) is 2. The molecule has 0 bridgehead atoms. The summed E-state index contributed by atoms with van der Waals surface area (Å²) in [6, 6.07) is 5.50. The van der Waals surface area contributed by atoms with Gasteiger partial charge in [0.1, 0.15) is 5.75 Å². The van der Waals surface area contributed by atoms with E-state index in [0.717, 1.165) is 24.4 Å². The van der Waals surface area contributed by atoms with Gasteiger partial charge in [-0.2, -0.15) is 22.7 Å². The van der Waals surface area contributed by atoms with Crippen LogP contribution in [0, 0.1) is 0 Å². The summed E-state index contributed by atoms with van der Waals surface area (Å²) in [6.07, 6.45) is -7.57. The molecular formula is C13H9F4N3O3. The Kier molecular flexibility index (Phi) is 4.63. The smallest absolute Gasteiger partial charge is 0.428 e. The number of rotatable bonds is 5. The molecule has 1 heterocycles. The van der Waals surface area contributed by atoms with E-state index in [-0.39, 0.29) is 11.3 Å². The third kappa shape index (κ3) is 4.28. The van der Waals surface area contributed by atoms with E-state index in [9.17, 15) is 27.2 Å². The number of H-pyrrole nitrogens is 1. The third-order valence-electron chi connectivity index (χ3n) is 2.53. The molecule has 2 rings (SSSR count). The van der Waals surface area contributed by atoms with Crippen LogP contribution in [0.2, 0.25) is 0 Å². The molecule has 0 aliphatic carbocycles. The predicted molar refractivity (Wildman–Crippen MR) is 70.8 cm³/mol. The molecule has 0 fully saturated rings. The van der Waals surface area contributed by atoms with Crippen molar-refractivity contribution in [2.45, 2.75) is 12.5 Å². The summed E-state index contributed by atoms with van der Waals surface area (Å²) in [7, 11) is 0. The molecule has 0 radical (unpaired) electrons. The quantitative estimate of drug-likeness (QED) is 0.823. The van der Waals surface area contributed by atoms with Crippen LogP contribution in [0.1, 0.15) is 10.4 Å². The third-order valence-corrected chi connectivity index (χ3v) is 2.53. The van der Waals surface area contributed by atoms with Gasteiger partial charge in [-0.15, -0.1) is 0 Å². The lowest BCUT2D eigenvalue weighted by molar-refractivity contribution is -0.253. The van der Waals surface area contributed by atoms with Crippen molar-refractivity contribution in [3.63, 3.8) is 0 Å². The number of anilines is 1. The van der Waals surface area contributed by atoms with E-state index in [1.54, 1.807) is 0 Å². The average Bonchev–Trinajstić information content (AvgIpc) is 2.47. The van der Waals surface area contributed by atoms with Crippen LogP contribution in [-0.2, 0) is 0 Å². The summed E-state index contributed by atoms with van der Waals surface area (Å²) in [5.41, 5.74) is -0.665. The normalized spacial score (nSPS) is 11.3. The van der Waals surface area contributed by atoms with E-state index in [4.69, 9.17) is 0 Å². The first kappa shape index (κ1) is 16.5. The SMILES string of the molecule is O=C(Nc1cccc(OC(F)(F)C(F)F)c1)c1cn[nH]c(=O)c1. The van der Waals surface area contributed by atoms with Gasteiger partial charge in [-0.1, -0.05) is 6.07 Å². The van der Waals surface area contributed by atoms with Crippen LogP contribution in [-0.4, -0.2) is 28.6 Å². The lowest BCUT2D eigenvalue weighted by atomic mass is 10.2. The van der Waals surface area contributed by atoms with E-state index < -0.39 is 29.7 Å². The highest BCUT2D eigenvalue weighted by atomic mass is 19.3. The van der Waals surface area contributed by atoms with E-state index in [1.165, 1.54) is 12.1 Å². The number of alkyl halides is 4. The van der Waals surface area contributed by atoms with E-state index in [2.05, 4.69) is 20.3 Å². The average molecular weight is 331 g/mol. The number of ether oxygens (including phenoxy) is 1. The van der Waals surface area contributed by atoms with Gasteiger partial charge in [0, 0.05) is 17.8 Å². The molecule has 1 aromatic heterocycles. The van der Waals surface area contributed by atoms with Crippen molar-refractivity contribution in [1.82, 2.24) is 10.2 Å². The van der Waals surface area contributed by atoms with Gasteiger partial charge in [0.05, 0.1) is 11.8 Å². The molecule has 23 heavy (non-hydrogen) atoms. The maximum Gasteiger partial charge on any atom is 0.461 e. The Morgan fingerprint density at radius 1 is 1.30 bits per heavy atom. The van der Waals surface area contributed by atoms with Crippen molar-refractivity contribution in [3.05, 3.63) is 52.4 Å². The van der Waals surface area contributed by atoms with Gasteiger partial charge in [-0.05, 0) is 12.1 Å². The van der Waals surface area contributed by atoms with Crippen LogP contribution < -0.4 is 15.6 Å². The van der Waals surface area contributed by atoms with Crippen molar-refractivity contribution >= 4 is 11.6 Å². The molecule has 1 amide bonds. The number of halogens is 4. The van der Waals surface area contributed by atoms with Crippen molar-refractivity contribution in [3.8, 4) is 5.75 Å². The predicted octanol–water partition coefficient (Wildman–Crippen LogP) is 2.26. The van der Waals surface area contributed by atoms with Crippen LogP contribution in [0.3, 0.4) is 0 Å². The Bertz CT molecular complexity index is 764. The highest BCUT2D eigenvalue weighted by molar-refractivity contribution is 6.04. The molecular weight excluding hydrogens is 322 g/mol. The second kappa shape index (κ2) is 6.46. The molecule has 0 aliphatic rings. The number of nitrogens with zero attached hydrogens (tertiary/aromatic N) is 1. The van der Waals surface area contributed by atoms with Gasteiger partial charge in [-0.3, -0.25) is 9.59 Å². The minimum absolute atomic E-state index is 0.0119. The number of aromatic nitrogens is 2. The number of hydrogen-bond acceptors (Lipinski definition) is 4. The van der Waals surface area contributed by atoms with Crippen molar-refractivity contribution in [1.29, 1.82) is 0 Å². The van der Waals surface area contributed by atoms with Crippen LogP contribution in [0.4, 0.5) is 23.2 Å². The summed E-state index contributed by atoms with van der Waals surface area (Å²) < 4.78 is 53.7. The number of benzene rings is 1. The Morgan fingerprint density at radius 2 is 2.04 bits per heavy atom. The fraction of sp³-hybridized carbons (Fsp3) is 0.154. The highest BCUT2D eigenvalue weighted by Crippen LogP contribution is 2.28. The molecule has 0 saturated carbocycles. The summed E-state index contributed by atoms with van der Waals surface area (Å²) in [5.74, 6) is -1.29. The molecule has 6 nitrogen and oxygen atoms in total. The maximum absolute atomic E-state index is 12.8. The molecule has 0 spiro atoms. The van der Waals surface area contributed by atoms with Crippen LogP contribution in [0.15, 0.2) is 41.3 Å². The van der Waals surface area contributed by atoms with Gasteiger partial charge >= 0.3 is 12.5 Å². The zero-order chi connectivity index (χ0) is 17.0. The maximum atomic E-state index is 12.8. The topological polar surface area (TPSA) is 84.1 Å².